The summed E-state index contributed by atoms with van der Waals surface area (Å²) in [5, 5.41) is 2.80. The zero-order valence-electron chi connectivity index (χ0n) is 17.2. The predicted octanol–water partition coefficient (Wildman–Crippen LogP) is 3.40. The number of rotatable bonds is 10. The molecule has 1 amide bonds. The third-order valence-corrected chi connectivity index (χ3v) is 5.54. The third-order valence-electron chi connectivity index (χ3n) is 4.35. The van der Waals surface area contributed by atoms with Crippen molar-refractivity contribution in [3.8, 4) is 5.75 Å². The number of amides is 1. The van der Waals surface area contributed by atoms with Gasteiger partial charge in [0.2, 0.25) is 15.9 Å². The van der Waals surface area contributed by atoms with Crippen molar-refractivity contribution in [2.45, 2.75) is 32.7 Å². The Bertz CT molecular complexity index is 983. The van der Waals surface area contributed by atoms with Crippen molar-refractivity contribution in [1.82, 2.24) is 5.32 Å². The van der Waals surface area contributed by atoms with Gasteiger partial charge in [-0.15, -0.1) is 0 Å². The highest BCUT2D eigenvalue weighted by molar-refractivity contribution is 7.92. The smallest absolute Gasteiger partial charge is 0.232 e. The van der Waals surface area contributed by atoms with Crippen LogP contribution in [0.4, 0.5) is 14.5 Å². The maximum Gasteiger partial charge on any atom is 0.232 e. The molecule has 1 atom stereocenters. The molecule has 0 aliphatic heterocycles. The van der Waals surface area contributed by atoms with E-state index in [0.29, 0.717) is 6.61 Å². The molecule has 9 heteroatoms. The number of anilines is 1. The van der Waals surface area contributed by atoms with Crippen molar-refractivity contribution in [2.75, 3.05) is 23.7 Å². The van der Waals surface area contributed by atoms with E-state index in [-0.39, 0.29) is 37.0 Å². The normalized spacial score (nSPS) is 12.3. The van der Waals surface area contributed by atoms with Crippen LogP contribution >= 0.6 is 0 Å². The monoisotopic (exact) mass is 440 g/mol. The fourth-order valence-electron chi connectivity index (χ4n) is 2.83. The lowest BCUT2D eigenvalue weighted by molar-refractivity contribution is -0.121. The highest BCUT2D eigenvalue weighted by atomic mass is 32.2. The Morgan fingerprint density at radius 3 is 2.50 bits per heavy atom. The van der Waals surface area contributed by atoms with Crippen LogP contribution in [0.5, 0.6) is 5.75 Å². The second-order valence-electron chi connectivity index (χ2n) is 7.08. The van der Waals surface area contributed by atoms with E-state index < -0.39 is 21.7 Å². The molecule has 0 heterocycles. The van der Waals surface area contributed by atoms with Gasteiger partial charge in [0.15, 0.2) is 11.6 Å². The van der Waals surface area contributed by atoms with Crippen molar-refractivity contribution in [2.24, 2.45) is 0 Å². The van der Waals surface area contributed by atoms with Crippen LogP contribution in [0.25, 0.3) is 0 Å². The number of halogens is 2. The van der Waals surface area contributed by atoms with Crippen molar-refractivity contribution >= 4 is 21.6 Å². The molecule has 0 spiro atoms. The minimum Gasteiger partial charge on any atom is -0.491 e. The molecule has 0 unspecified atom stereocenters. The molecule has 164 valence electrons. The summed E-state index contributed by atoms with van der Waals surface area (Å²) in [4.78, 5) is 12.2. The molecule has 0 aliphatic rings. The molecule has 0 bridgehead atoms. The molecular weight excluding hydrogens is 414 g/mol. The Labute approximate surface area is 175 Å². The second-order valence-corrected chi connectivity index (χ2v) is 8.99. The first kappa shape index (κ1) is 23.6. The number of ether oxygens (including phenoxy) is 1. The molecule has 0 saturated heterocycles. The topological polar surface area (TPSA) is 75.7 Å². The van der Waals surface area contributed by atoms with Crippen LogP contribution in [-0.4, -0.2) is 39.8 Å². The lowest BCUT2D eigenvalue weighted by Crippen LogP contribution is -2.37. The quantitative estimate of drug-likeness (QED) is 0.614. The average Bonchev–Trinajstić information content (AvgIpc) is 2.66. The van der Waals surface area contributed by atoms with E-state index in [2.05, 4.69) is 5.32 Å². The Kier molecular flexibility index (Phi) is 8.16. The van der Waals surface area contributed by atoms with Gasteiger partial charge in [-0.3, -0.25) is 9.10 Å². The summed E-state index contributed by atoms with van der Waals surface area (Å²) in [5.41, 5.74) is 1.01. The Morgan fingerprint density at radius 2 is 1.87 bits per heavy atom. The van der Waals surface area contributed by atoms with Gasteiger partial charge >= 0.3 is 0 Å². The van der Waals surface area contributed by atoms with Crippen molar-refractivity contribution in [1.29, 1.82) is 0 Å². The first-order valence-electron chi connectivity index (χ1n) is 9.48. The summed E-state index contributed by atoms with van der Waals surface area (Å²) in [5.74, 6) is -1.71. The number of carbonyl (C=O) groups excluding carboxylic acids is 1. The molecule has 1 N–H and O–H groups in total. The number of sulfonamides is 1. The first-order chi connectivity index (χ1) is 14.1. The average molecular weight is 441 g/mol. The van der Waals surface area contributed by atoms with E-state index in [9.17, 15) is 22.0 Å². The number of benzene rings is 2. The molecule has 2 aromatic rings. The Hall–Kier alpha value is -2.68. The summed E-state index contributed by atoms with van der Waals surface area (Å²) in [7, 11) is -3.72. The van der Waals surface area contributed by atoms with Crippen molar-refractivity contribution < 1.29 is 26.7 Å². The summed E-state index contributed by atoms with van der Waals surface area (Å²) < 4.78 is 57.3. The number of hydrogen-bond acceptors (Lipinski definition) is 4. The van der Waals surface area contributed by atoms with Gasteiger partial charge < -0.3 is 10.1 Å². The number of aryl methyl sites for hydroxylation is 1. The molecule has 6 nitrogen and oxygen atoms in total. The molecule has 30 heavy (non-hydrogen) atoms. The van der Waals surface area contributed by atoms with Crippen LogP contribution in [0.3, 0.4) is 0 Å². The number of carbonyl (C=O) groups is 1. The summed E-state index contributed by atoms with van der Waals surface area (Å²) >= 11 is 0. The third kappa shape index (κ3) is 6.98. The first-order valence-corrected chi connectivity index (χ1v) is 11.3. The molecule has 0 saturated carbocycles. The molecule has 0 radical (unpaired) electrons. The zero-order valence-corrected chi connectivity index (χ0v) is 18.0. The molecule has 0 aliphatic carbocycles. The highest BCUT2D eigenvalue weighted by Gasteiger charge is 2.19. The van der Waals surface area contributed by atoms with Crippen LogP contribution in [0, 0.1) is 18.6 Å². The van der Waals surface area contributed by atoms with Crippen LogP contribution in [0.15, 0.2) is 42.5 Å². The molecular formula is C21H26F2N2O4S. The fraction of sp³-hybridized carbons (Fsp3) is 0.381. The maximum atomic E-state index is 13.5. The van der Waals surface area contributed by atoms with Crippen LogP contribution in [0.2, 0.25) is 0 Å². The van der Waals surface area contributed by atoms with E-state index in [0.717, 1.165) is 34.0 Å². The zero-order chi connectivity index (χ0) is 22.3. The van der Waals surface area contributed by atoms with Gasteiger partial charge in [0.1, 0.15) is 12.4 Å². The van der Waals surface area contributed by atoms with E-state index in [1.807, 2.05) is 31.2 Å². The van der Waals surface area contributed by atoms with E-state index in [4.69, 9.17) is 4.74 Å². The van der Waals surface area contributed by atoms with Crippen LogP contribution in [-0.2, 0) is 14.8 Å². The van der Waals surface area contributed by atoms with E-state index >= 15 is 0 Å². The predicted molar refractivity (Wildman–Crippen MR) is 112 cm³/mol. The van der Waals surface area contributed by atoms with Gasteiger partial charge in [0.05, 0.1) is 18.0 Å². The number of para-hydroxylation sites is 1. The molecule has 0 fully saturated rings. The SMILES string of the molecule is Cc1ccccc1OC[C@@H](C)NC(=O)CCCN(c1ccc(F)c(F)c1)S(C)(=O)=O. The van der Waals surface area contributed by atoms with Gasteiger partial charge in [-0.2, -0.15) is 0 Å². The molecule has 0 aromatic heterocycles. The second kappa shape index (κ2) is 10.4. The number of hydrogen-bond donors (Lipinski definition) is 1. The minimum absolute atomic E-state index is 0.0109. The standard InChI is InChI=1S/C21H26F2N2O4S/c1-15-7-4-5-8-20(15)29-14-16(2)24-21(26)9-6-12-25(30(3,27)28)17-10-11-18(22)19(23)13-17/h4-5,7-8,10-11,13,16H,6,9,12,14H2,1-3H3,(H,24,26)/t16-/m1/s1. The van der Waals surface area contributed by atoms with Crippen LogP contribution in [0.1, 0.15) is 25.3 Å². The van der Waals surface area contributed by atoms with Gasteiger partial charge in [-0.25, -0.2) is 17.2 Å². The van der Waals surface area contributed by atoms with Crippen molar-refractivity contribution in [3.63, 3.8) is 0 Å². The van der Waals surface area contributed by atoms with Crippen LogP contribution < -0.4 is 14.4 Å². The highest BCUT2D eigenvalue weighted by Crippen LogP contribution is 2.21. The summed E-state index contributed by atoms with van der Waals surface area (Å²) in [6.07, 6.45) is 1.26. The maximum absolute atomic E-state index is 13.5. The largest absolute Gasteiger partial charge is 0.491 e. The van der Waals surface area contributed by atoms with Gasteiger partial charge in [0, 0.05) is 19.0 Å². The van der Waals surface area contributed by atoms with Gasteiger partial charge in [0.25, 0.3) is 0 Å². The number of nitrogens with zero attached hydrogens (tertiary/aromatic N) is 1. The minimum atomic E-state index is -3.72. The van der Waals surface area contributed by atoms with Crippen molar-refractivity contribution in [3.05, 3.63) is 59.7 Å². The van der Waals surface area contributed by atoms with Gasteiger partial charge in [-0.05, 0) is 44.0 Å². The lowest BCUT2D eigenvalue weighted by atomic mass is 10.2. The fourth-order valence-corrected chi connectivity index (χ4v) is 3.79. The Morgan fingerprint density at radius 1 is 1.17 bits per heavy atom. The van der Waals surface area contributed by atoms with Gasteiger partial charge in [-0.1, -0.05) is 18.2 Å². The lowest BCUT2D eigenvalue weighted by Gasteiger charge is -2.22. The van der Waals surface area contributed by atoms with E-state index in [1.54, 1.807) is 6.92 Å². The number of nitrogens with one attached hydrogen (secondary N) is 1. The van der Waals surface area contributed by atoms with E-state index in [1.165, 1.54) is 6.07 Å². The summed E-state index contributed by atoms with van der Waals surface area (Å²) in [6.45, 7) is 3.99. The Balaban J connectivity index is 1.85. The summed E-state index contributed by atoms with van der Waals surface area (Å²) in [6, 6.07) is 10.2. The molecule has 2 rings (SSSR count). The molecule has 2 aromatic carbocycles.